The number of carbonyl (C=O) groups is 1. The number of rotatable bonds is 4. The van der Waals surface area contributed by atoms with Crippen LogP contribution < -0.4 is 11.1 Å². The van der Waals surface area contributed by atoms with Crippen molar-refractivity contribution < 1.29 is 4.79 Å². The average Bonchev–Trinajstić information content (AvgIpc) is 2.70. The molecule has 0 aliphatic carbocycles. The molecule has 0 bridgehead atoms. The van der Waals surface area contributed by atoms with Crippen LogP contribution in [0.5, 0.6) is 0 Å². The zero-order valence-electron chi connectivity index (χ0n) is 13.1. The SMILES string of the molecule is CC(C)C(C(=O)Nc1ccc(N)cc1)N1CCCCCC1. The number of benzene rings is 1. The number of amides is 1. The molecule has 3 N–H and O–H groups in total. The van der Waals surface area contributed by atoms with Crippen molar-refractivity contribution in [2.45, 2.75) is 45.6 Å². The summed E-state index contributed by atoms with van der Waals surface area (Å²) in [4.78, 5) is 15.0. The van der Waals surface area contributed by atoms with Gasteiger partial charge >= 0.3 is 0 Å². The Bertz CT molecular complexity index is 448. The number of carbonyl (C=O) groups excluding carboxylic acids is 1. The molecule has 1 heterocycles. The first-order chi connectivity index (χ1) is 10.1. The third-order valence-corrected chi connectivity index (χ3v) is 4.11. The minimum atomic E-state index is -0.0550. The first kappa shape index (κ1) is 15.8. The fraction of sp³-hybridized carbons (Fsp3) is 0.588. The summed E-state index contributed by atoms with van der Waals surface area (Å²) in [5.74, 6) is 0.397. The summed E-state index contributed by atoms with van der Waals surface area (Å²) in [6.45, 7) is 6.30. The highest BCUT2D eigenvalue weighted by Crippen LogP contribution is 2.19. The summed E-state index contributed by atoms with van der Waals surface area (Å²) in [5.41, 5.74) is 7.20. The second-order valence-electron chi connectivity index (χ2n) is 6.25. The van der Waals surface area contributed by atoms with Crippen LogP contribution in [0.1, 0.15) is 39.5 Å². The summed E-state index contributed by atoms with van der Waals surface area (Å²) in [6.07, 6.45) is 4.94. The lowest BCUT2D eigenvalue weighted by Gasteiger charge is -2.32. The van der Waals surface area contributed by atoms with Crippen LogP contribution in [0.3, 0.4) is 0 Å². The highest BCUT2D eigenvalue weighted by Gasteiger charge is 2.29. The molecule has 0 radical (unpaired) electrons. The van der Waals surface area contributed by atoms with Gasteiger partial charge in [0, 0.05) is 11.4 Å². The summed E-state index contributed by atoms with van der Waals surface area (Å²) < 4.78 is 0. The highest BCUT2D eigenvalue weighted by atomic mass is 16.2. The van der Waals surface area contributed by atoms with Gasteiger partial charge in [0.25, 0.3) is 0 Å². The smallest absolute Gasteiger partial charge is 0.241 e. The molecule has 0 spiro atoms. The van der Waals surface area contributed by atoms with Crippen LogP contribution in [0, 0.1) is 5.92 Å². The second kappa shape index (κ2) is 7.46. The van der Waals surface area contributed by atoms with Crippen LogP contribution in [0.2, 0.25) is 0 Å². The molecule has 1 aromatic carbocycles. The molecular formula is C17H27N3O. The lowest BCUT2D eigenvalue weighted by atomic mass is 10.0. The Hall–Kier alpha value is -1.55. The summed E-state index contributed by atoms with van der Waals surface area (Å²) >= 11 is 0. The van der Waals surface area contributed by atoms with Gasteiger partial charge in [-0.1, -0.05) is 26.7 Å². The van der Waals surface area contributed by atoms with Gasteiger partial charge in [-0.25, -0.2) is 0 Å². The van der Waals surface area contributed by atoms with Gasteiger partial charge in [0.05, 0.1) is 6.04 Å². The van der Waals surface area contributed by atoms with E-state index in [1.54, 1.807) is 0 Å². The Kier molecular flexibility index (Phi) is 5.62. The molecule has 1 aliphatic heterocycles. The predicted octanol–water partition coefficient (Wildman–Crippen LogP) is 3.11. The molecule has 0 saturated carbocycles. The first-order valence-electron chi connectivity index (χ1n) is 7.98. The highest BCUT2D eigenvalue weighted by molar-refractivity contribution is 5.95. The third-order valence-electron chi connectivity index (χ3n) is 4.11. The fourth-order valence-corrected chi connectivity index (χ4v) is 3.05. The maximum Gasteiger partial charge on any atom is 0.241 e. The van der Waals surface area contributed by atoms with Crippen LogP contribution in [0.25, 0.3) is 0 Å². The number of nitrogens with one attached hydrogen (secondary N) is 1. The Labute approximate surface area is 127 Å². The molecular weight excluding hydrogens is 262 g/mol. The zero-order chi connectivity index (χ0) is 15.2. The molecule has 2 rings (SSSR count). The normalized spacial score (nSPS) is 18.2. The van der Waals surface area contributed by atoms with E-state index in [-0.39, 0.29) is 11.9 Å². The summed E-state index contributed by atoms with van der Waals surface area (Å²) in [7, 11) is 0. The van der Waals surface area contributed by atoms with Gasteiger partial charge in [-0.2, -0.15) is 0 Å². The zero-order valence-corrected chi connectivity index (χ0v) is 13.1. The van der Waals surface area contributed by atoms with Crippen molar-refractivity contribution in [1.29, 1.82) is 0 Å². The molecule has 1 aliphatic rings. The maximum absolute atomic E-state index is 12.7. The van der Waals surface area contributed by atoms with Crippen LogP contribution in [-0.2, 0) is 4.79 Å². The van der Waals surface area contributed by atoms with E-state index < -0.39 is 0 Å². The van der Waals surface area contributed by atoms with Crippen molar-refractivity contribution in [1.82, 2.24) is 4.90 Å². The number of anilines is 2. The number of likely N-dealkylation sites (tertiary alicyclic amines) is 1. The van der Waals surface area contributed by atoms with E-state index in [4.69, 9.17) is 5.73 Å². The first-order valence-corrected chi connectivity index (χ1v) is 7.98. The molecule has 0 aromatic heterocycles. The van der Waals surface area contributed by atoms with E-state index in [0.29, 0.717) is 11.6 Å². The molecule has 1 saturated heterocycles. The Morgan fingerprint density at radius 3 is 2.19 bits per heavy atom. The Morgan fingerprint density at radius 2 is 1.67 bits per heavy atom. The largest absolute Gasteiger partial charge is 0.399 e. The van der Waals surface area contributed by atoms with E-state index in [1.807, 2.05) is 24.3 Å². The van der Waals surface area contributed by atoms with E-state index >= 15 is 0 Å². The quantitative estimate of drug-likeness (QED) is 0.837. The van der Waals surface area contributed by atoms with E-state index in [0.717, 1.165) is 18.8 Å². The fourth-order valence-electron chi connectivity index (χ4n) is 3.05. The summed E-state index contributed by atoms with van der Waals surface area (Å²) in [6, 6.07) is 7.28. The van der Waals surface area contributed by atoms with Crippen molar-refractivity contribution in [2.24, 2.45) is 5.92 Å². The molecule has 4 heteroatoms. The minimum absolute atomic E-state index is 0.0550. The van der Waals surface area contributed by atoms with Crippen molar-refractivity contribution in [2.75, 3.05) is 24.1 Å². The van der Waals surface area contributed by atoms with Gasteiger partial charge in [0.1, 0.15) is 0 Å². The molecule has 1 aromatic rings. The molecule has 1 unspecified atom stereocenters. The number of nitrogens with two attached hydrogens (primary N) is 1. The number of nitrogen functional groups attached to an aromatic ring is 1. The van der Waals surface area contributed by atoms with Gasteiger partial charge in [-0.3, -0.25) is 9.69 Å². The molecule has 1 fully saturated rings. The Balaban J connectivity index is 2.06. The average molecular weight is 289 g/mol. The van der Waals surface area contributed by atoms with Crippen LogP contribution in [0.4, 0.5) is 11.4 Å². The van der Waals surface area contributed by atoms with E-state index in [9.17, 15) is 4.79 Å². The van der Waals surface area contributed by atoms with Gasteiger partial charge < -0.3 is 11.1 Å². The van der Waals surface area contributed by atoms with Crippen LogP contribution in [0.15, 0.2) is 24.3 Å². The van der Waals surface area contributed by atoms with Gasteiger partial charge in [-0.15, -0.1) is 0 Å². The van der Waals surface area contributed by atoms with Crippen LogP contribution >= 0.6 is 0 Å². The predicted molar refractivity (Wildman–Crippen MR) is 88.2 cm³/mol. The monoisotopic (exact) mass is 289 g/mol. The van der Waals surface area contributed by atoms with E-state index in [1.165, 1.54) is 25.7 Å². The standard InChI is InChI=1S/C17H27N3O/c1-13(2)16(20-11-5-3-4-6-12-20)17(21)19-15-9-7-14(18)8-10-15/h7-10,13,16H,3-6,11-12,18H2,1-2H3,(H,19,21). The minimum Gasteiger partial charge on any atom is -0.399 e. The maximum atomic E-state index is 12.7. The van der Waals surface area contributed by atoms with Crippen LogP contribution in [-0.4, -0.2) is 29.9 Å². The van der Waals surface area contributed by atoms with Crippen molar-refractivity contribution >= 4 is 17.3 Å². The molecule has 116 valence electrons. The number of hydrogen-bond acceptors (Lipinski definition) is 3. The lowest BCUT2D eigenvalue weighted by Crippen LogP contribution is -2.47. The molecule has 1 atom stereocenters. The third kappa shape index (κ3) is 4.46. The number of nitrogens with zero attached hydrogens (tertiary/aromatic N) is 1. The summed E-state index contributed by atoms with van der Waals surface area (Å²) in [5, 5.41) is 3.03. The topological polar surface area (TPSA) is 58.4 Å². The van der Waals surface area contributed by atoms with Crippen molar-refractivity contribution in [3.05, 3.63) is 24.3 Å². The van der Waals surface area contributed by atoms with E-state index in [2.05, 4.69) is 24.1 Å². The van der Waals surface area contributed by atoms with Crippen molar-refractivity contribution in [3.8, 4) is 0 Å². The van der Waals surface area contributed by atoms with Gasteiger partial charge in [0.15, 0.2) is 0 Å². The Morgan fingerprint density at radius 1 is 1.10 bits per heavy atom. The molecule has 21 heavy (non-hydrogen) atoms. The van der Waals surface area contributed by atoms with Gasteiger partial charge in [0.2, 0.25) is 5.91 Å². The second-order valence-corrected chi connectivity index (χ2v) is 6.25. The molecule has 4 nitrogen and oxygen atoms in total. The van der Waals surface area contributed by atoms with Crippen molar-refractivity contribution in [3.63, 3.8) is 0 Å². The van der Waals surface area contributed by atoms with Gasteiger partial charge in [-0.05, 0) is 56.1 Å². The molecule has 1 amide bonds. The number of hydrogen-bond donors (Lipinski definition) is 2. The lowest BCUT2D eigenvalue weighted by molar-refractivity contribution is -0.122.